The average molecular weight is 924 g/mol. The first kappa shape index (κ1) is 38.9. The van der Waals surface area contributed by atoms with E-state index >= 15 is 0 Å². The van der Waals surface area contributed by atoms with Gasteiger partial charge in [-0.3, -0.25) is 4.98 Å². The SMILES string of the molecule is CC(C)(C)c1ccc(-n2c(-c3[c-]ccc4c3oc3ccccc34)nc3ccccc32)c(-c2ccccc2)c1.Cc1cc(-c2[c-]cccc2)ncc1[Si](C)(C)C.[Ir]. The van der Waals surface area contributed by atoms with Crippen LogP contribution in [0.3, 0.4) is 0 Å². The van der Waals surface area contributed by atoms with E-state index in [1.54, 1.807) is 0 Å². The van der Waals surface area contributed by atoms with Crippen molar-refractivity contribution in [2.24, 2.45) is 0 Å². The number of hydrogen-bond acceptors (Lipinski definition) is 3. The summed E-state index contributed by atoms with van der Waals surface area (Å²) in [7, 11) is -1.27. The van der Waals surface area contributed by atoms with E-state index in [1.807, 2.05) is 48.5 Å². The number of imidazole rings is 1. The topological polar surface area (TPSA) is 43.9 Å². The van der Waals surface area contributed by atoms with Gasteiger partial charge in [-0.05, 0) is 64.7 Å². The van der Waals surface area contributed by atoms with Crippen molar-refractivity contribution >= 4 is 46.2 Å². The molecule has 3 aromatic heterocycles. The summed E-state index contributed by atoms with van der Waals surface area (Å²) in [6, 6.07) is 54.8. The second-order valence-corrected chi connectivity index (χ2v) is 21.3. The van der Waals surface area contributed by atoms with Crippen LogP contribution in [0.1, 0.15) is 31.9 Å². The third kappa shape index (κ3) is 7.57. The molecule has 56 heavy (non-hydrogen) atoms. The maximum Gasteiger partial charge on any atom is 0.120 e. The van der Waals surface area contributed by atoms with Crippen LogP contribution < -0.4 is 5.19 Å². The number of rotatable bonds is 5. The van der Waals surface area contributed by atoms with E-state index in [9.17, 15) is 0 Å². The minimum atomic E-state index is -1.27. The summed E-state index contributed by atoms with van der Waals surface area (Å²) in [6.45, 7) is 16.0. The van der Waals surface area contributed by atoms with Gasteiger partial charge in [0.25, 0.3) is 0 Å². The fourth-order valence-electron chi connectivity index (χ4n) is 7.38. The summed E-state index contributed by atoms with van der Waals surface area (Å²) in [5.74, 6) is 0.816. The van der Waals surface area contributed by atoms with E-state index in [-0.39, 0.29) is 25.5 Å². The molecule has 4 nitrogen and oxygen atoms in total. The quantitative estimate of drug-likeness (QED) is 0.128. The molecule has 0 bridgehead atoms. The molecular formula is C50H45IrN3OSi-2. The van der Waals surface area contributed by atoms with Crippen LogP contribution >= 0.6 is 0 Å². The fraction of sp³-hybridized carbons (Fsp3) is 0.160. The molecule has 0 amide bonds. The molecule has 0 unspecified atom stereocenters. The van der Waals surface area contributed by atoms with Crippen molar-refractivity contribution in [1.82, 2.24) is 14.5 Å². The Labute approximate surface area is 344 Å². The van der Waals surface area contributed by atoms with Gasteiger partial charge in [0.15, 0.2) is 0 Å². The van der Waals surface area contributed by atoms with Gasteiger partial charge in [0.1, 0.15) is 5.58 Å². The summed E-state index contributed by atoms with van der Waals surface area (Å²) in [6.07, 6.45) is 2.05. The fourth-order valence-corrected chi connectivity index (χ4v) is 9.09. The molecule has 1 radical (unpaired) electrons. The number of aromatic nitrogens is 3. The minimum absolute atomic E-state index is 0. The van der Waals surface area contributed by atoms with Crippen molar-refractivity contribution in [3.8, 4) is 39.5 Å². The zero-order valence-electron chi connectivity index (χ0n) is 32.9. The van der Waals surface area contributed by atoms with Crippen LogP contribution in [0.2, 0.25) is 19.6 Å². The first-order chi connectivity index (χ1) is 26.5. The summed E-state index contributed by atoms with van der Waals surface area (Å²) < 4.78 is 8.69. The third-order valence-electron chi connectivity index (χ3n) is 10.2. The van der Waals surface area contributed by atoms with Gasteiger partial charge in [-0.15, -0.1) is 54.1 Å². The van der Waals surface area contributed by atoms with Crippen molar-refractivity contribution in [1.29, 1.82) is 0 Å². The largest absolute Gasteiger partial charge is 0.501 e. The van der Waals surface area contributed by atoms with Gasteiger partial charge >= 0.3 is 0 Å². The minimum Gasteiger partial charge on any atom is -0.501 e. The van der Waals surface area contributed by atoms with Gasteiger partial charge < -0.3 is 14.0 Å². The second kappa shape index (κ2) is 15.6. The Balaban J connectivity index is 0.000000225. The number of para-hydroxylation sites is 3. The molecule has 0 aliphatic heterocycles. The van der Waals surface area contributed by atoms with Gasteiger partial charge in [-0.25, -0.2) is 0 Å². The van der Waals surface area contributed by atoms with Crippen LogP contribution in [0.5, 0.6) is 0 Å². The van der Waals surface area contributed by atoms with Crippen molar-refractivity contribution in [3.63, 3.8) is 0 Å². The predicted molar refractivity (Wildman–Crippen MR) is 233 cm³/mol. The second-order valence-electron chi connectivity index (χ2n) is 16.2. The zero-order chi connectivity index (χ0) is 38.3. The summed E-state index contributed by atoms with van der Waals surface area (Å²) in [5, 5.41) is 3.61. The molecule has 0 N–H and O–H groups in total. The van der Waals surface area contributed by atoms with Gasteiger partial charge in [-0.2, -0.15) is 0 Å². The molecule has 3 heterocycles. The number of fused-ring (bicyclic) bond motifs is 4. The van der Waals surface area contributed by atoms with Gasteiger partial charge in [0.05, 0.1) is 30.5 Å². The van der Waals surface area contributed by atoms with Crippen molar-refractivity contribution in [2.75, 3.05) is 0 Å². The Morgan fingerprint density at radius 2 is 1.45 bits per heavy atom. The summed E-state index contributed by atoms with van der Waals surface area (Å²) in [4.78, 5) is 9.74. The molecule has 0 spiro atoms. The standard InChI is InChI=1S/C35H27N2O.C15H18NSi.Ir/c1-35(2,3)24-20-21-30(28(22-24)23-12-5-4-6-13-23)37-31-18-9-8-17-29(31)36-34(37)27-16-11-15-26-25-14-7-10-19-32(25)38-33(26)27;1-12-10-14(13-8-6-5-7-9-13)16-11-15(12)17(2,3)4;/h4-15,17-22H,1-3H3;5-8,10-11H,1-4H3;/q2*-1;. The first-order valence-electron chi connectivity index (χ1n) is 18.9. The Kier molecular flexibility index (Phi) is 10.8. The van der Waals surface area contributed by atoms with Crippen molar-refractivity contribution in [2.45, 2.75) is 52.8 Å². The van der Waals surface area contributed by atoms with E-state index in [0.29, 0.717) is 0 Å². The molecule has 6 heteroatoms. The average Bonchev–Trinajstić information content (AvgIpc) is 3.77. The molecule has 9 aromatic rings. The molecule has 0 aliphatic carbocycles. The number of hydrogen-bond donors (Lipinski definition) is 0. The molecule has 0 saturated heterocycles. The van der Waals surface area contributed by atoms with E-state index in [2.05, 4.69) is 166 Å². The molecule has 9 rings (SSSR count). The number of nitrogens with zero attached hydrogens (tertiary/aromatic N) is 3. The smallest absolute Gasteiger partial charge is 0.120 e. The molecule has 281 valence electrons. The molecule has 0 atom stereocenters. The third-order valence-corrected chi connectivity index (χ3v) is 12.4. The normalized spacial score (nSPS) is 11.7. The van der Waals surface area contributed by atoms with E-state index in [1.165, 1.54) is 27.4 Å². The number of aryl methyl sites for hydroxylation is 1. The predicted octanol–water partition coefficient (Wildman–Crippen LogP) is 12.8. The number of benzene rings is 6. The Morgan fingerprint density at radius 3 is 2.18 bits per heavy atom. The maximum absolute atomic E-state index is 6.42. The maximum atomic E-state index is 6.42. The number of pyridine rings is 1. The Morgan fingerprint density at radius 1 is 0.714 bits per heavy atom. The Bertz CT molecular complexity index is 2790. The summed E-state index contributed by atoms with van der Waals surface area (Å²) in [5.41, 5.74) is 12.7. The van der Waals surface area contributed by atoms with Crippen LogP contribution in [0, 0.1) is 19.1 Å². The van der Waals surface area contributed by atoms with Crippen molar-refractivity contribution in [3.05, 3.63) is 169 Å². The summed E-state index contributed by atoms with van der Waals surface area (Å²) >= 11 is 0. The molecule has 6 aromatic carbocycles. The van der Waals surface area contributed by atoms with Gasteiger partial charge in [0.2, 0.25) is 0 Å². The van der Waals surface area contributed by atoms with Crippen LogP contribution in [-0.4, -0.2) is 22.6 Å². The number of furan rings is 1. The zero-order valence-corrected chi connectivity index (χ0v) is 36.3. The van der Waals surface area contributed by atoms with Crippen LogP contribution in [0.15, 0.2) is 150 Å². The molecular weight excluding hydrogens is 879 g/mol. The molecule has 0 aliphatic rings. The van der Waals surface area contributed by atoms with E-state index in [0.717, 1.165) is 61.3 Å². The van der Waals surface area contributed by atoms with Crippen LogP contribution in [0.4, 0.5) is 0 Å². The van der Waals surface area contributed by atoms with E-state index < -0.39 is 8.07 Å². The van der Waals surface area contributed by atoms with Crippen molar-refractivity contribution < 1.29 is 24.5 Å². The van der Waals surface area contributed by atoms with E-state index in [4.69, 9.17) is 9.40 Å². The molecule has 0 fully saturated rings. The van der Waals surface area contributed by atoms with Crippen LogP contribution in [0.25, 0.3) is 72.4 Å². The van der Waals surface area contributed by atoms with Gasteiger partial charge in [-0.1, -0.05) is 130 Å². The van der Waals surface area contributed by atoms with Crippen LogP contribution in [-0.2, 0) is 25.5 Å². The van der Waals surface area contributed by atoms with Gasteiger partial charge in [0, 0.05) is 42.9 Å². The monoisotopic (exact) mass is 924 g/mol. The first-order valence-corrected chi connectivity index (χ1v) is 22.4. The molecule has 0 saturated carbocycles. The Hall–Kier alpha value is -5.39.